The Morgan fingerprint density at radius 2 is 0.495 bits per heavy atom. The zero-order chi connectivity index (χ0) is 75.1. The van der Waals surface area contributed by atoms with Gasteiger partial charge < -0.3 is 9.80 Å². The molecule has 19 rings (SSSR count). The van der Waals surface area contributed by atoms with Crippen molar-refractivity contribution in [3.8, 4) is 66.8 Å². The second-order valence-electron chi connectivity index (χ2n) is 36.5. The first-order valence-electron chi connectivity index (χ1n) is 39.3. The summed E-state index contributed by atoms with van der Waals surface area (Å²) < 4.78 is 0. The highest BCUT2D eigenvalue weighted by atomic mass is 15.2. The van der Waals surface area contributed by atoms with Crippen LogP contribution in [0.1, 0.15) is 132 Å². The summed E-state index contributed by atoms with van der Waals surface area (Å²) in [6, 6.07) is 114. The maximum atomic E-state index is 2.74. The highest BCUT2D eigenvalue weighted by Gasteiger charge is 2.46. The average molecular weight is 1410 g/mol. The van der Waals surface area contributed by atoms with E-state index < -0.39 is 0 Å². The standard InChI is InChI=1S/C106H93BN2/c1-102(2,3)76-50-70-42-44-72-52-78(104(7,8)9)60-87-85(56-74(54-76)95(70)97(72)87)68-46-48-89-91(58-68)108(100-81(64-30-20-16-21-31-64)38-28-39-82(100)65-32-22-17-23-33-65)93-62-80(106(13,14)15)63-94-99(93)107(89)90-49-47-69(59-92(90)109(94)101-83(66-34-24-18-25-35-66)40-29-41-84(101)67-36-26-19-27-37-67)86-57-75-55-77(103(4,5)6)51-71-43-45-73-53-79(105(10,11)12)61-88(86)98(73)96(71)75/h16-63H,1-15H3. The Hall–Kier alpha value is -11.5. The SMILES string of the molecule is CC(C)(C)c1cc2c3c(c1)N(c1c(-c4ccccc4)cccc1-c1ccccc1)c1cc(-c4cc5cc(C(C)(C)C)cc6ccc7cc(C(C)(C)C)cc4c7c65)ccc1B3c1ccc(-c3cc4cc(C(C)(C)C)cc5ccc6cc(C(C)(C)C)cc3c6c54)cc1N2c1c(-c2ccccc2)cccc1-c1ccccc1. The zero-order valence-corrected chi connectivity index (χ0v) is 65.7. The van der Waals surface area contributed by atoms with Crippen LogP contribution < -0.4 is 26.2 Å². The van der Waals surface area contributed by atoms with Crippen LogP contribution in [-0.4, -0.2) is 6.71 Å². The number of hydrogen-bond acceptors (Lipinski definition) is 2. The summed E-state index contributed by atoms with van der Waals surface area (Å²) in [7, 11) is 0. The van der Waals surface area contributed by atoms with Gasteiger partial charge in [0.25, 0.3) is 6.71 Å². The Bertz CT molecular complexity index is 6020. The summed E-state index contributed by atoms with van der Waals surface area (Å²) in [6.45, 7) is 35.3. The molecular formula is C106H93BN2. The number of anilines is 6. The molecule has 0 atom stereocenters. The van der Waals surface area contributed by atoms with Crippen molar-refractivity contribution in [1.82, 2.24) is 0 Å². The Morgan fingerprint density at radius 3 is 0.807 bits per heavy atom. The molecule has 0 saturated heterocycles. The Balaban J connectivity index is 0.984. The molecule has 0 saturated carbocycles. The third-order valence-electron chi connectivity index (χ3n) is 24.2. The molecule has 0 bridgehead atoms. The molecule has 2 aliphatic heterocycles. The van der Waals surface area contributed by atoms with Gasteiger partial charge in [-0.3, -0.25) is 0 Å². The van der Waals surface area contributed by atoms with E-state index in [4.69, 9.17) is 0 Å². The van der Waals surface area contributed by atoms with Crippen LogP contribution in [0.15, 0.2) is 291 Å². The maximum Gasteiger partial charge on any atom is 0.252 e. The Labute approximate surface area is 644 Å². The van der Waals surface area contributed by atoms with Gasteiger partial charge in [-0.15, -0.1) is 0 Å². The van der Waals surface area contributed by atoms with Crippen molar-refractivity contribution in [3.05, 3.63) is 319 Å². The molecular weight excluding hydrogens is 1310 g/mol. The molecule has 0 unspecified atom stereocenters. The van der Waals surface area contributed by atoms with Crippen molar-refractivity contribution >= 4 is 122 Å². The molecule has 0 radical (unpaired) electrons. The fraction of sp³-hybridized carbons (Fsp3) is 0.189. The molecule has 2 nitrogen and oxygen atoms in total. The van der Waals surface area contributed by atoms with Gasteiger partial charge in [0.15, 0.2) is 0 Å². The number of para-hydroxylation sites is 2. The fourth-order valence-corrected chi connectivity index (χ4v) is 18.3. The molecule has 530 valence electrons. The molecule has 0 aliphatic carbocycles. The fourth-order valence-electron chi connectivity index (χ4n) is 18.3. The van der Waals surface area contributed by atoms with E-state index in [1.807, 2.05) is 0 Å². The molecule has 0 N–H and O–H groups in total. The van der Waals surface area contributed by atoms with Gasteiger partial charge in [0.1, 0.15) is 0 Å². The van der Waals surface area contributed by atoms with Crippen molar-refractivity contribution in [2.24, 2.45) is 0 Å². The highest BCUT2D eigenvalue weighted by Crippen LogP contribution is 2.56. The summed E-state index contributed by atoms with van der Waals surface area (Å²) in [5.41, 5.74) is 30.8. The molecule has 0 spiro atoms. The lowest BCUT2D eigenvalue weighted by molar-refractivity contribution is 0.590. The third-order valence-corrected chi connectivity index (χ3v) is 24.2. The van der Waals surface area contributed by atoms with Crippen LogP contribution in [0.3, 0.4) is 0 Å². The Kier molecular flexibility index (Phi) is 15.3. The van der Waals surface area contributed by atoms with Gasteiger partial charge >= 0.3 is 0 Å². The predicted octanol–water partition coefficient (Wildman–Crippen LogP) is 28.1. The number of nitrogens with zero attached hydrogens (tertiary/aromatic N) is 2. The number of hydrogen-bond donors (Lipinski definition) is 0. The lowest BCUT2D eigenvalue weighted by Crippen LogP contribution is -2.61. The second-order valence-corrected chi connectivity index (χ2v) is 36.5. The summed E-state index contributed by atoms with van der Waals surface area (Å²) in [6.07, 6.45) is 0. The van der Waals surface area contributed by atoms with Crippen molar-refractivity contribution < 1.29 is 0 Å². The van der Waals surface area contributed by atoms with E-state index in [1.165, 1.54) is 142 Å². The molecule has 3 heteroatoms. The third kappa shape index (κ3) is 11.1. The lowest BCUT2D eigenvalue weighted by atomic mass is 9.33. The van der Waals surface area contributed by atoms with Gasteiger partial charge in [-0.05, 0) is 229 Å². The van der Waals surface area contributed by atoms with Crippen LogP contribution in [0.25, 0.3) is 131 Å². The molecule has 2 heterocycles. The summed E-state index contributed by atoms with van der Waals surface area (Å²) in [5, 5.41) is 15.6. The van der Waals surface area contributed by atoms with E-state index in [1.54, 1.807) is 0 Å². The first-order valence-corrected chi connectivity index (χ1v) is 39.3. The van der Waals surface area contributed by atoms with Crippen LogP contribution in [-0.2, 0) is 27.1 Å². The number of benzene rings is 17. The topological polar surface area (TPSA) is 6.48 Å². The molecule has 0 fully saturated rings. The van der Waals surface area contributed by atoms with Gasteiger partial charge in [-0.2, -0.15) is 0 Å². The van der Waals surface area contributed by atoms with Crippen molar-refractivity contribution in [2.75, 3.05) is 9.80 Å². The van der Waals surface area contributed by atoms with Crippen LogP contribution in [0.5, 0.6) is 0 Å². The Morgan fingerprint density at radius 1 is 0.211 bits per heavy atom. The van der Waals surface area contributed by atoms with E-state index in [9.17, 15) is 0 Å². The molecule has 17 aromatic carbocycles. The summed E-state index contributed by atoms with van der Waals surface area (Å²) in [4.78, 5) is 5.49. The summed E-state index contributed by atoms with van der Waals surface area (Å²) >= 11 is 0. The first-order chi connectivity index (χ1) is 52.2. The van der Waals surface area contributed by atoms with Gasteiger partial charge in [-0.25, -0.2) is 0 Å². The molecule has 0 amide bonds. The molecule has 17 aromatic rings. The van der Waals surface area contributed by atoms with Crippen LogP contribution in [0.4, 0.5) is 34.1 Å². The largest absolute Gasteiger partial charge is 0.310 e. The van der Waals surface area contributed by atoms with E-state index >= 15 is 0 Å². The zero-order valence-electron chi connectivity index (χ0n) is 65.7. The minimum Gasteiger partial charge on any atom is -0.310 e. The second kappa shape index (κ2) is 24.5. The quantitative estimate of drug-likeness (QED) is 0.111. The van der Waals surface area contributed by atoms with Crippen LogP contribution in [0.2, 0.25) is 0 Å². The van der Waals surface area contributed by atoms with E-state index in [0.29, 0.717) is 0 Å². The molecule has 0 aromatic heterocycles. The van der Waals surface area contributed by atoms with Crippen molar-refractivity contribution in [2.45, 2.75) is 131 Å². The van der Waals surface area contributed by atoms with Crippen LogP contribution in [0, 0.1) is 0 Å². The summed E-state index contributed by atoms with van der Waals surface area (Å²) in [5.74, 6) is 0. The molecule has 2 aliphatic rings. The number of fused-ring (bicyclic) bond motifs is 4. The minimum atomic E-state index is -0.321. The van der Waals surface area contributed by atoms with Crippen molar-refractivity contribution in [1.29, 1.82) is 0 Å². The normalized spacial score (nSPS) is 13.4. The average Bonchev–Trinajstić information content (AvgIpc) is 0.688. The smallest absolute Gasteiger partial charge is 0.252 e. The highest BCUT2D eigenvalue weighted by molar-refractivity contribution is 7.00. The van der Waals surface area contributed by atoms with E-state index in [2.05, 4.69) is 405 Å². The number of rotatable bonds is 8. The van der Waals surface area contributed by atoms with Crippen LogP contribution >= 0.6 is 0 Å². The predicted molar refractivity (Wildman–Crippen MR) is 474 cm³/mol. The lowest BCUT2D eigenvalue weighted by Gasteiger charge is -2.46. The van der Waals surface area contributed by atoms with E-state index in [0.717, 1.165) is 67.3 Å². The van der Waals surface area contributed by atoms with Gasteiger partial charge in [0.05, 0.1) is 11.4 Å². The van der Waals surface area contributed by atoms with Gasteiger partial charge in [0, 0.05) is 45.0 Å². The van der Waals surface area contributed by atoms with E-state index in [-0.39, 0.29) is 33.8 Å². The van der Waals surface area contributed by atoms with Gasteiger partial charge in [-0.1, -0.05) is 347 Å². The maximum absolute atomic E-state index is 2.74. The van der Waals surface area contributed by atoms with Crippen molar-refractivity contribution in [3.63, 3.8) is 0 Å². The minimum absolute atomic E-state index is 0.0656. The monoisotopic (exact) mass is 1400 g/mol. The first kappa shape index (κ1) is 68.0. The van der Waals surface area contributed by atoms with Gasteiger partial charge in [0.2, 0.25) is 0 Å². The molecule has 109 heavy (non-hydrogen) atoms.